The zero-order valence-electron chi connectivity index (χ0n) is 23.3. The summed E-state index contributed by atoms with van der Waals surface area (Å²) in [5, 5.41) is 8.15. The zero-order chi connectivity index (χ0) is 29.6. The Hall–Kier alpha value is -3.92. The number of methoxy groups -OCH3 is 2. The minimum atomic E-state index is -0.116. The van der Waals surface area contributed by atoms with E-state index in [9.17, 15) is 4.79 Å². The first-order valence-corrected chi connectivity index (χ1v) is 14.2. The molecule has 0 radical (unpaired) electrons. The highest BCUT2D eigenvalue weighted by Gasteiger charge is 2.30. The van der Waals surface area contributed by atoms with Crippen molar-refractivity contribution in [3.8, 4) is 22.8 Å². The first-order chi connectivity index (χ1) is 20.4. The van der Waals surface area contributed by atoms with Gasteiger partial charge in [0.2, 0.25) is 5.95 Å². The summed E-state index contributed by atoms with van der Waals surface area (Å²) < 4.78 is 16.6. The molecule has 0 aliphatic carbocycles. The highest BCUT2D eigenvalue weighted by molar-refractivity contribution is 6.41. The normalized spacial score (nSPS) is 16.3. The quantitative estimate of drug-likeness (QED) is 0.181. The van der Waals surface area contributed by atoms with Gasteiger partial charge in [0.25, 0.3) is 0 Å². The summed E-state index contributed by atoms with van der Waals surface area (Å²) >= 11 is 13.5. The number of ketones is 1. The van der Waals surface area contributed by atoms with E-state index in [-0.39, 0.29) is 17.7 Å². The summed E-state index contributed by atoms with van der Waals surface area (Å²) in [6.07, 6.45) is 4.18. The minimum Gasteiger partial charge on any atom is -0.495 e. The number of halogens is 2. The van der Waals surface area contributed by atoms with Crippen molar-refractivity contribution in [1.82, 2.24) is 15.0 Å². The van der Waals surface area contributed by atoms with Crippen molar-refractivity contribution in [2.75, 3.05) is 44.6 Å². The summed E-state index contributed by atoms with van der Waals surface area (Å²) in [7, 11) is 3.05. The zero-order valence-corrected chi connectivity index (χ0v) is 24.8. The van der Waals surface area contributed by atoms with Gasteiger partial charge in [0.1, 0.15) is 17.0 Å². The van der Waals surface area contributed by atoms with Crippen LogP contribution in [0.15, 0.2) is 61.3 Å². The van der Waals surface area contributed by atoms with Crippen molar-refractivity contribution >= 4 is 51.7 Å². The molecule has 2 aromatic heterocycles. The molecule has 0 unspecified atom stereocenters. The first kappa shape index (κ1) is 29.6. The van der Waals surface area contributed by atoms with Crippen LogP contribution in [0.5, 0.6) is 11.5 Å². The molecule has 218 valence electrons. The van der Waals surface area contributed by atoms with Crippen molar-refractivity contribution in [3.05, 3.63) is 76.9 Å². The molecule has 42 heavy (non-hydrogen) atoms. The van der Waals surface area contributed by atoms with Crippen LogP contribution in [0, 0.1) is 5.92 Å². The Balaban J connectivity index is 1.53. The van der Waals surface area contributed by atoms with E-state index < -0.39 is 0 Å². The van der Waals surface area contributed by atoms with Gasteiger partial charge in [-0.15, -0.1) is 0 Å². The number of aromatic nitrogens is 3. The van der Waals surface area contributed by atoms with E-state index in [0.717, 1.165) is 11.8 Å². The van der Waals surface area contributed by atoms with Gasteiger partial charge in [0.05, 0.1) is 49.2 Å². The molecule has 9 nitrogen and oxygen atoms in total. The molecule has 2 N–H and O–H groups in total. The lowest BCUT2D eigenvalue weighted by Crippen LogP contribution is -2.30. The van der Waals surface area contributed by atoms with Crippen LogP contribution in [-0.4, -0.2) is 60.8 Å². The number of carbonyl (C=O) groups is 1. The topological polar surface area (TPSA) is 107 Å². The number of rotatable bonds is 12. The van der Waals surface area contributed by atoms with Gasteiger partial charge in [-0.05, 0) is 24.1 Å². The number of benzene rings is 2. The van der Waals surface area contributed by atoms with E-state index in [1.165, 1.54) is 25.9 Å². The third-order valence-corrected chi connectivity index (χ3v) is 7.90. The largest absolute Gasteiger partial charge is 0.495 e. The molecular formula is C31H31Cl2N5O4. The summed E-state index contributed by atoms with van der Waals surface area (Å²) in [6, 6.07) is 13.5. The molecule has 0 spiro atoms. The van der Waals surface area contributed by atoms with Gasteiger partial charge in [0, 0.05) is 42.1 Å². The Morgan fingerprint density at radius 3 is 2.52 bits per heavy atom. The third-order valence-electron chi connectivity index (χ3n) is 7.15. The second-order valence-corrected chi connectivity index (χ2v) is 10.6. The van der Waals surface area contributed by atoms with Crippen LogP contribution in [-0.2, 0) is 16.0 Å². The number of nitrogens with one attached hydrogen (secondary N) is 2. The molecule has 5 rings (SSSR count). The van der Waals surface area contributed by atoms with Gasteiger partial charge in [-0.1, -0.05) is 60.1 Å². The van der Waals surface area contributed by atoms with Crippen molar-refractivity contribution in [1.29, 1.82) is 0 Å². The number of hydrogen-bond acceptors (Lipinski definition) is 9. The fourth-order valence-electron chi connectivity index (χ4n) is 4.91. The van der Waals surface area contributed by atoms with Crippen LogP contribution in [0.2, 0.25) is 10.0 Å². The molecule has 2 aromatic carbocycles. The summed E-state index contributed by atoms with van der Waals surface area (Å²) in [5.74, 6) is 1.74. The monoisotopic (exact) mass is 607 g/mol. The SMILES string of the molecule is C=CC(=O)C[C@H]1COC[C@H]1Nc1ncc2cc(-c3c(Cl)c(OC)cc(OC)c3Cl)nc(NCCc3ccccc3)c2n1. The average Bonchev–Trinajstić information content (AvgIpc) is 3.44. The van der Waals surface area contributed by atoms with Gasteiger partial charge in [-0.2, -0.15) is 0 Å². The third kappa shape index (κ3) is 6.43. The van der Waals surface area contributed by atoms with E-state index in [4.69, 9.17) is 47.4 Å². The van der Waals surface area contributed by atoms with Crippen molar-refractivity contribution < 1.29 is 19.0 Å². The predicted octanol–water partition coefficient (Wildman–Crippen LogP) is 6.24. The van der Waals surface area contributed by atoms with Crippen molar-refractivity contribution in [2.45, 2.75) is 18.9 Å². The lowest BCUT2D eigenvalue weighted by Gasteiger charge is -2.19. The molecule has 4 aromatic rings. The van der Waals surface area contributed by atoms with Gasteiger partial charge < -0.3 is 24.8 Å². The number of hydrogen-bond donors (Lipinski definition) is 2. The fourth-order valence-corrected chi connectivity index (χ4v) is 5.60. The van der Waals surface area contributed by atoms with Gasteiger partial charge >= 0.3 is 0 Å². The average molecular weight is 609 g/mol. The molecule has 1 aliphatic heterocycles. The Morgan fingerprint density at radius 1 is 1.10 bits per heavy atom. The van der Waals surface area contributed by atoms with Crippen LogP contribution in [0.3, 0.4) is 0 Å². The highest BCUT2D eigenvalue weighted by atomic mass is 35.5. The first-order valence-electron chi connectivity index (χ1n) is 13.5. The maximum atomic E-state index is 12.0. The standard InChI is InChI=1S/C31H31Cl2N5O4/c1-4-21(39)12-20-16-42-17-23(20)37-31-35-15-19-13-22(26-27(32)24(40-2)14-25(41-3)28(26)33)36-30(29(19)38-31)34-11-10-18-8-6-5-7-9-18/h4-9,13-15,20,23H,1,10-12,16-17H2,2-3H3,(H,34,36)(H,35,37,38)/t20-,23+/m0/s1. The Bertz CT molecular complexity index is 1570. The molecule has 1 saturated heterocycles. The van der Waals surface area contributed by atoms with Crippen LogP contribution in [0.4, 0.5) is 11.8 Å². The Kier molecular flexibility index (Phi) is 9.41. The number of nitrogens with zero attached hydrogens (tertiary/aromatic N) is 3. The second-order valence-electron chi connectivity index (χ2n) is 9.86. The van der Waals surface area contributed by atoms with Gasteiger partial charge in [-0.3, -0.25) is 4.79 Å². The molecule has 0 bridgehead atoms. The van der Waals surface area contributed by atoms with E-state index in [1.54, 1.807) is 12.3 Å². The molecule has 1 fully saturated rings. The number of fused-ring (bicyclic) bond motifs is 1. The smallest absolute Gasteiger partial charge is 0.223 e. The van der Waals surface area contributed by atoms with Crippen LogP contribution >= 0.6 is 23.2 Å². The van der Waals surface area contributed by atoms with E-state index >= 15 is 0 Å². The molecule has 0 amide bonds. The van der Waals surface area contributed by atoms with Crippen LogP contribution in [0.1, 0.15) is 12.0 Å². The minimum absolute atomic E-state index is 0.00825. The van der Waals surface area contributed by atoms with Gasteiger partial charge in [0.15, 0.2) is 11.6 Å². The van der Waals surface area contributed by atoms with E-state index in [1.807, 2.05) is 24.3 Å². The number of ether oxygens (including phenoxy) is 3. The molecule has 11 heteroatoms. The Labute approximate surface area is 254 Å². The Morgan fingerprint density at radius 2 is 1.83 bits per heavy atom. The number of anilines is 2. The number of carbonyl (C=O) groups excluding carboxylic acids is 1. The second kappa shape index (κ2) is 13.4. The molecular weight excluding hydrogens is 577 g/mol. The molecule has 1 aliphatic rings. The number of pyridine rings is 1. The van der Waals surface area contributed by atoms with E-state index in [0.29, 0.717) is 76.3 Å². The summed E-state index contributed by atoms with van der Waals surface area (Å²) in [6.45, 7) is 5.11. The van der Waals surface area contributed by atoms with Crippen LogP contribution < -0.4 is 20.1 Å². The summed E-state index contributed by atoms with van der Waals surface area (Å²) in [5.41, 5.74) is 2.78. The maximum absolute atomic E-state index is 12.0. The lowest BCUT2D eigenvalue weighted by atomic mass is 9.97. The molecule has 3 heterocycles. The van der Waals surface area contributed by atoms with E-state index in [2.05, 4.69) is 34.3 Å². The maximum Gasteiger partial charge on any atom is 0.223 e. The van der Waals surface area contributed by atoms with Crippen molar-refractivity contribution in [3.63, 3.8) is 0 Å². The van der Waals surface area contributed by atoms with Gasteiger partial charge in [-0.25, -0.2) is 15.0 Å². The van der Waals surface area contributed by atoms with Crippen LogP contribution in [0.25, 0.3) is 22.2 Å². The number of allylic oxidation sites excluding steroid dienone is 1. The lowest BCUT2D eigenvalue weighted by molar-refractivity contribution is -0.115. The summed E-state index contributed by atoms with van der Waals surface area (Å²) in [4.78, 5) is 26.3. The van der Waals surface area contributed by atoms with Crippen molar-refractivity contribution in [2.24, 2.45) is 5.92 Å². The predicted molar refractivity (Wildman–Crippen MR) is 166 cm³/mol. The highest BCUT2D eigenvalue weighted by Crippen LogP contribution is 2.46. The fraction of sp³-hybridized carbons (Fsp3) is 0.290. The molecule has 2 atom stereocenters. The molecule has 0 saturated carbocycles.